The fourth-order valence-corrected chi connectivity index (χ4v) is 3.10. The highest BCUT2D eigenvalue weighted by Crippen LogP contribution is 2.09. The van der Waals surface area contributed by atoms with Gasteiger partial charge in [-0.3, -0.25) is 14.5 Å². The molecule has 2 rings (SSSR count). The van der Waals surface area contributed by atoms with Gasteiger partial charge in [0.25, 0.3) is 0 Å². The van der Waals surface area contributed by atoms with Crippen LogP contribution < -0.4 is 15.8 Å². The van der Waals surface area contributed by atoms with Crippen LogP contribution in [-0.4, -0.2) is 56.8 Å². The molecule has 4 N–H and O–H groups in total. The maximum atomic E-state index is 12.0. The molecular formula is C19H25N5O4S. The predicted octanol–water partition coefficient (Wildman–Crippen LogP) is 0.267. The molecule has 0 saturated carbocycles. The molecular weight excluding hydrogens is 394 g/mol. The molecule has 156 valence electrons. The zero-order valence-electron chi connectivity index (χ0n) is 16.4. The van der Waals surface area contributed by atoms with Crippen molar-refractivity contribution >= 4 is 27.7 Å². The van der Waals surface area contributed by atoms with Crippen molar-refractivity contribution in [1.29, 1.82) is 0 Å². The Kier molecular flexibility index (Phi) is 7.82. The Balaban J connectivity index is 1.71. The molecule has 0 saturated heterocycles. The first-order valence-corrected chi connectivity index (χ1v) is 10.5. The summed E-state index contributed by atoms with van der Waals surface area (Å²) in [4.78, 5) is 29.8. The molecule has 2 amide bonds. The van der Waals surface area contributed by atoms with Crippen molar-refractivity contribution < 1.29 is 18.0 Å². The highest BCUT2D eigenvalue weighted by Gasteiger charge is 2.11. The number of nitrogens with two attached hydrogens (primary N) is 1. The molecule has 1 aromatic heterocycles. The monoisotopic (exact) mass is 419 g/mol. The number of carbonyl (C=O) groups is 2. The standard InChI is InChI=1S/C19H25N5O4S/c1-14-7-9-21-17(11-14)23-19(26)13-24(2)12-18(25)22-10-8-15-3-5-16(6-4-15)29(20,27)28/h3-7,9,11H,8,10,12-13H2,1-2H3,(H,22,25)(H2,20,27,28)(H,21,23,26). The van der Waals surface area contributed by atoms with Gasteiger partial charge < -0.3 is 10.6 Å². The van der Waals surface area contributed by atoms with Gasteiger partial charge in [-0.05, 0) is 55.8 Å². The number of likely N-dealkylation sites (N-methyl/N-ethyl adjacent to an activating group) is 1. The molecule has 1 aromatic carbocycles. The number of pyridine rings is 1. The van der Waals surface area contributed by atoms with E-state index in [1.54, 1.807) is 36.3 Å². The van der Waals surface area contributed by atoms with Gasteiger partial charge in [0.1, 0.15) is 5.82 Å². The summed E-state index contributed by atoms with van der Waals surface area (Å²) >= 11 is 0. The SMILES string of the molecule is Cc1ccnc(NC(=O)CN(C)CC(=O)NCCc2ccc(S(N)(=O)=O)cc2)c1. The number of hydrogen-bond acceptors (Lipinski definition) is 6. The lowest BCUT2D eigenvalue weighted by atomic mass is 10.1. The third-order valence-corrected chi connectivity index (χ3v) is 4.93. The van der Waals surface area contributed by atoms with Crippen molar-refractivity contribution in [3.05, 3.63) is 53.7 Å². The molecule has 10 heteroatoms. The van der Waals surface area contributed by atoms with E-state index >= 15 is 0 Å². The number of primary sulfonamides is 1. The first-order chi connectivity index (χ1) is 13.6. The van der Waals surface area contributed by atoms with E-state index in [0.717, 1.165) is 11.1 Å². The summed E-state index contributed by atoms with van der Waals surface area (Å²) in [6.07, 6.45) is 2.16. The third-order valence-electron chi connectivity index (χ3n) is 4.00. The number of rotatable bonds is 9. The number of nitrogens with one attached hydrogen (secondary N) is 2. The molecule has 0 radical (unpaired) electrons. The van der Waals surface area contributed by atoms with Crippen molar-refractivity contribution in [1.82, 2.24) is 15.2 Å². The molecule has 0 unspecified atom stereocenters. The molecule has 9 nitrogen and oxygen atoms in total. The summed E-state index contributed by atoms with van der Waals surface area (Å²) in [6.45, 7) is 2.42. The number of sulfonamides is 1. The van der Waals surface area contributed by atoms with Crippen LogP contribution in [0.1, 0.15) is 11.1 Å². The highest BCUT2D eigenvalue weighted by atomic mass is 32.2. The predicted molar refractivity (Wildman–Crippen MR) is 110 cm³/mol. The average Bonchev–Trinajstić information content (AvgIpc) is 2.61. The summed E-state index contributed by atoms with van der Waals surface area (Å²) in [7, 11) is -2.04. The van der Waals surface area contributed by atoms with Crippen LogP contribution in [0.2, 0.25) is 0 Å². The summed E-state index contributed by atoms with van der Waals surface area (Å²) in [5.41, 5.74) is 1.86. The molecule has 0 aliphatic heterocycles. The number of anilines is 1. The molecule has 29 heavy (non-hydrogen) atoms. The fraction of sp³-hybridized carbons (Fsp3) is 0.316. The van der Waals surface area contributed by atoms with Crippen molar-refractivity contribution in [3.63, 3.8) is 0 Å². The second-order valence-corrected chi connectivity index (χ2v) is 8.29. The van der Waals surface area contributed by atoms with Crippen molar-refractivity contribution in [2.45, 2.75) is 18.2 Å². The first kappa shape index (κ1) is 22.5. The molecule has 0 aliphatic carbocycles. The van der Waals surface area contributed by atoms with Crippen molar-refractivity contribution in [2.75, 3.05) is 32.0 Å². The van der Waals surface area contributed by atoms with Gasteiger partial charge in [0.05, 0.1) is 18.0 Å². The Bertz CT molecular complexity index is 961. The van der Waals surface area contributed by atoms with Crippen molar-refractivity contribution in [2.24, 2.45) is 5.14 Å². The third kappa shape index (κ3) is 7.98. The molecule has 0 fully saturated rings. The lowest BCUT2D eigenvalue weighted by Crippen LogP contribution is -2.39. The van der Waals surface area contributed by atoms with E-state index in [-0.39, 0.29) is 29.8 Å². The summed E-state index contributed by atoms with van der Waals surface area (Å²) in [5, 5.41) is 10.5. The van der Waals surface area contributed by atoms with E-state index < -0.39 is 10.0 Å². The highest BCUT2D eigenvalue weighted by molar-refractivity contribution is 7.89. The van der Waals surface area contributed by atoms with E-state index in [2.05, 4.69) is 15.6 Å². The summed E-state index contributed by atoms with van der Waals surface area (Å²) < 4.78 is 22.5. The van der Waals surface area contributed by atoms with Crippen LogP contribution in [0, 0.1) is 6.92 Å². The molecule has 0 bridgehead atoms. The Morgan fingerprint density at radius 3 is 2.38 bits per heavy atom. The molecule has 0 atom stereocenters. The first-order valence-electron chi connectivity index (χ1n) is 8.93. The van der Waals surface area contributed by atoms with Gasteiger partial charge in [-0.25, -0.2) is 18.5 Å². The smallest absolute Gasteiger partial charge is 0.239 e. The van der Waals surface area contributed by atoms with E-state index in [9.17, 15) is 18.0 Å². The van der Waals surface area contributed by atoms with Gasteiger partial charge >= 0.3 is 0 Å². The molecule has 1 heterocycles. The van der Waals surface area contributed by atoms with Crippen LogP contribution >= 0.6 is 0 Å². The van der Waals surface area contributed by atoms with Crippen LogP contribution in [0.25, 0.3) is 0 Å². The van der Waals surface area contributed by atoms with E-state index in [1.807, 2.05) is 13.0 Å². The maximum Gasteiger partial charge on any atom is 0.239 e. The van der Waals surface area contributed by atoms with E-state index in [0.29, 0.717) is 18.8 Å². The number of hydrogen-bond donors (Lipinski definition) is 3. The number of carbonyl (C=O) groups excluding carboxylic acids is 2. The van der Waals surface area contributed by atoms with Gasteiger partial charge in [0, 0.05) is 12.7 Å². The normalized spacial score (nSPS) is 11.3. The Labute approximate surface area is 170 Å². The number of amides is 2. The molecule has 2 aromatic rings. The summed E-state index contributed by atoms with van der Waals surface area (Å²) in [6, 6.07) is 9.77. The minimum atomic E-state index is -3.71. The second-order valence-electron chi connectivity index (χ2n) is 6.73. The van der Waals surface area contributed by atoms with E-state index in [1.165, 1.54) is 12.1 Å². The van der Waals surface area contributed by atoms with Crippen LogP contribution in [0.15, 0.2) is 47.5 Å². The number of benzene rings is 1. The zero-order chi connectivity index (χ0) is 21.4. The maximum absolute atomic E-state index is 12.0. The number of aromatic nitrogens is 1. The Morgan fingerprint density at radius 2 is 1.76 bits per heavy atom. The quantitative estimate of drug-likeness (QED) is 0.534. The van der Waals surface area contributed by atoms with Gasteiger partial charge in [0.15, 0.2) is 0 Å². The van der Waals surface area contributed by atoms with Gasteiger partial charge in [-0.2, -0.15) is 0 Å². The van der Waals surface area contributed by atoms with Gasteiger partial charge in [-0.15, -0.1) is 0 Å². The molecule has 0 spiro atoms. The van der Waals surface area contributed by atoms with Gasteiger partial charge in [0.2, 0.25) is 21.8 Å². The van der Waals surface area contributed by atoms with E-state index in [4.69, 9.17) is 5.14 Å². The largest absolute Gasteiger partial charge is 0.355 e. The Hall–Kier alpha value is -2.82. The van der Waals surface area contributed by atoms with Crippen LogP contribution in [0.3, 0.4) is 0 Å². The lowest BCUT2D eigenvalue weighted by molar-refractivity contribution is -0.122. The van der Waals surface area contributed by atoms with Crippen LogP contribution in [0.5, 0.6) is 0 Å². The topological polar surface area (TPSA) is 134 Å². The lowest BCUT2D eigenvalue weighted by Gasteiger charge is -2.16. The zero-order valence-corrected chi connectivity index (χ0v) is 17.2. The van der Waals surface area contributed by atoms with Crippen LogP contribution in [0.4, 0.5) is 5.82 Å². The summed E-state index contributed by atoms with van der Waals surface area (Å²) in [5.74, 6) is 0.00443. The average molecular weight is 420 g/mol. The van der Waals surface area contributed by atoms with Gasteiger partial charge in [-0.1, -0.05) is 12.1 Å². The number of nitrogens with zero attached hydrogens (tertiary/aromatic N) is 2. The molecule has 0 aliphatic rings. The van der Waals surface area contributed by atoms with Crippen LogP contribution in [-0.2, 0) is 26.0 Å². The minimum Gasteiger partial charge on any atom is -0.355 e. The Morgan fingerprint density at radius 1 is 1.10 bits per heavy atom. The fourth-order valence-electron chi connectivity index (χ4n) is 2.58. The minimum absolute atomic E-state index is 0.0473. The second kappa shape index (κ2) is 10.1. The number of aryl methyl sites for hydroxylation is 1. The van der Waals surface area contributed by atoms with Crippen molar-refractivity contribution in [3.8, 4) is 0 Å².